The van der Waals surface area contributed by atoms with Gasteiger partial charge in [0.05, 0.1) is 12.5 Å². The summed E-state index contributed by atoms with van der Waals surface area (Å²) >= 11 is 0. The Hall–Kier alpha value is -1.88. The predicted octanol–water partition coefficient (Wildman–Crippen LogP) is 2.49. The van der Waals surface area contributed by atoms with Crippen molar-refractivity contribution in [1.29, 1.82) is 0 Å². The number of hydrogen-bond acceptors (Lipinski definition) is 3. The molecule has 2 unspecified atom stereocenters. The van der Waals surface area contributed by atoms with Crippen LogP contribution in [0.25, 0.3) is 0 Å². The normalized spacial score (nSPS) is 13.4. The summed E-state index contributed by atoms with van der Waals surface area (Å²) in [5, 5.41) is 14.7. The second-order valence-electron chi connectivity index (χ2n) is 5.37. The quantitative estimate of drug-likeness (QED) is 0.653. The average molecular weight is 292 g/mol. The highest BCUT2D eigenvalue weighted by Gasteiger charge is 2.11. The highest BCUT2D eigenvalue weighted by Crippen LogP contribution is 2.09. The summed E-state index contributed by atoms with van der Waals surface area (Å²) < 4.78 is 0. The maximum Gasteiger partial charge on any atom is 0.306 e. The van der Waals surface area contributed by atoms with Crippen LogP contribution >= 0.6 is 0 Å². The minimum atomic E-state index is -0.752. The molecule has 0 heterocycles. The van der Waals surface area contributed by atoms with Gasteiger partial charge in [-0.3, -0.25) is 9.59 Å². The maximum atomic E-state index is 11.7. The van der Waals surface area contributed by atoms with Crippen molar-refractivity contribution in [2.75, 3.05) is 11.9 Å². The van der Waals surface area contributed by atoms with E-state index in [1.165, 1.54) is 0 Å². The molecule has 3 N–H and O–H groups in total. The number of benzene rings is 1. The number of aliphatic carboxylic acids is 1. The third-order valence-electron chi connectivity index (χ3n) is 3.36. The molecule has 5 heteroatoms. The second kappa shape index (κ2) is 9.13. The molecule has 0 aliphatic carbocycles. The molecule has 1 aromatic carbocycles. The van der Waals surface area contributed by atoms with Gasteiger partial charge in [0, 0.05) is 11.7 Å². The zero-order valence-corrected chi connectivity index (χ0v) is 12.6. The molecule has 2 atom stereocenters. The van der Waals surface area contributed by atoms with Gasteiger partial charge in [-0.2, -0.15) is 0 Å². The molecule has 0 fully saturated rings. The van der Waals surface area contributed by atoms with Gasteiger partial charge in [-0.25, -0.2) is 0 Å². The summed E-state index contributed by atoms with van der Waals surface area (Å²) in [5.74, 6) is -1.14. The van der Waals surface area contributed by atoms with Crippen LogP contribution in [0, 0.1) is 5.92 Å². The maximum absolute atomic E-state index is 11.7. The molecule has 21 heavy (non-hydrogen) atoms. The van der Waals surface area contributed by atoms with Crippen molar-refractivity contribution in [3.63, 3.8) is 0 Å². The Morgan fingerprint density at radius 1 is 1.14 bits per heavy atom. The lowest BCUT2D eigenvalue weighted by Crippen LogP contribution is -2.34. The minimum Gasteiger partial charge on any atom is -0.481 e. The summed E-state index contributed by atoms with van der Waals surface area (Å²) in [6.45, 7) is 3.97. The standard InChI is InChI=1S/C16H24N2O3/c1-12(16(20)21)7-6-8-13(2)17-11-15(19)18-14-9-4-3-5-10-14/h3-5,9-10,12-13,17H,6-8,11H2,1-2H3,(H,18,19)(H,20,21). The number of carbonyl (C=O) groups excluding carboxylic acids is 1. The van der Waals surface area contributed by atoms with E-state index in [4.69, 9.17) is 5.11 Å². The molecular weight excluding hydrogens is 268 g/mol. The van der Waals surface area contributed by atoms with Crippen molar-refractivity contribution in [2.24, 2.45) is 5.92 Å². The molecule has 0 radical (unpaired) electrons. The Morgan fingerprint density at radius 2 is 1.81 bits per heavy atom. The molecule has 5 nitrogen and oxygen atoms in total. The van der Waals surface area contributed by atoms with Crippen molar-refractivity contribution in [3.8, 4) is 0 Å². The smallest absolute Gasteiger partial charge is 0.306 e. The fourth-order valence-electron chi connectivity index (χ4n) is 1.95. The van der Waals surface area contributed by atoms with E-state index in [0.717, 1.165) is 18.5 Å². The number of carboxylic acids is 1. The third-order valence-corrected chi connectivity index (χ3v) is 3.36. The van der Waals surface area contributed by atoms with Gasteiger partial charge < -0.3 is 15.7 Å². The van der Waals surface area contributed by atoms with Gasteiger partial charge in [0.1, 0.15) is 0 Å². The van der Waals surface area contributed by atoms with Crippen molar-refractivity contribution >= 4 is 17.6 Å². The predicted molar refractivity (Wildman–Crippen MR) is 83.2 cm³/mol. The Bertz CT molecular complexity index is 448. The molecule has 1 aromatic rings. The van der Waals surface area contributed by atoms with E-state index in [1.54, 1.807) is 6.92 Å². The Morgan fingerprint density at radius 3 is 2.43 bits per heavy atom. The van der Waals surface area contributed by atoms with Crippen LogP contribution in [-0.2, 0) is 9.59 Å². The highest BCUT2D eigenvalue weighted by atomic mass is 16.4. The molecule has 0 saturated heterocycles. The van der Waals surface area contributed by atoms with E-state index in [9.17, 15) is 9.59 Å². The molecule has 0 saturated carbocycles. The molecular formula is C16H24N2O3. The fourth-order valence-corrected chi connectivity index (χ4v) is 1.95. The first-order valence-corrected chi connectivity index (χ1v) is 7.30. The lowest BCUT2D eigenvalue weighted by atomic mass is 10.0. The van der Waals surface area contributed by atoms with Crippen LogP contribution in [0.1, 0.15) is 33.1 Å². The Labute approximate surface area is 125 Å². The van der Waals surface area contributed by atoms with Crippen molar-refractivity contribution in [2.45, 2.75) is 39.2 Å². The summed E-state index contributed by atoms with van der Waals surface area (Å²) in [6, 6.07) is 9.51. The van der Waals surface area contributed by atoms with Crippen LogP contribution in [0.5, 0.6) is 0 Å². The molecule has 0 aliphatic rings. The number of rotatable bonds is 9. The van der Waals surface area contributed by atoms with Crippen LogP contribution < -0.4 is 10.6 Å². The largest absolute Gasteiger partial charge is 0.481 e. The lowest BCUT2D eigenvalue weighted by molar-refractivity contribution is -0.141. The van der Waals surface area contributed by atoms with Crippen LogP contribution in [0.15, 0.2) is 30.3 Å². The minimum absolute atomic E-state index is 0.0769. The summed E-state index contributed by atoms with van der Waals surface area (Å²) in [5.41, 5.74) is 0.784. The van der Waals surface area contributed by atoms with E-state index < -0.39 is 5.97 Å². The number of carbonyl (C=O) groups is 2. The lowest BCUT2D eigenvalue weighted by Gasteiger charge is -2.14. The monoisotopic (exact) mass is 292 g/mol. The molecule has 0 aromatic heterocycles. The Kier molecular flexibility index (Phi) is 7.46. The van der Waals surface area contributed by atoms with E-state index in [1.807, 2.05) is 37.3 Å². The van der Waals surface area contributed by atoms with Crippen molar-refractivity contribution in [1.82, 2.24) is 5.32 Å². The first-order valence-electron chi connectivity index (χ1n) is 7.30. The first kappa shape index (κ1) is 17.2. The average Bonchev–Trinajstić information content (AvgIpc) is 2.46. The first-order chi connectivity index (χ1) is 9.99. The van der Waals surface area contributed by atoms with E-state index in [2.05, 4.69) is 10.6 Å². The topological polar surface area (TPSA) is 78.4 Å². The summed E-state index contributed by atoms with van der Waals surface area (Å²) in [7, 11) is 0. The van der Waals surface area contributed by atoms with Crippen LogP contribution in [0.2, 0.25) is 0 Å². The zero-order valence-electron chi connectivity index (χ0n) is 12.6. The molecule has 0 spiro atoms. The van der Waals surface area contributed by atoms with Gasteiger partial charge in [0.2, 0.25) is 5.91 Å². The molecule has 0 bridgehead atoms. The molecule has 116 valence electrons. The number of para-hydroxylation sites is 1. The number of amides is 1. The molecule has 1 rings (SSSR count). The van der Waals surface area contributed by atoms with Gasteiger partial charge in [0.15, 0.2) is 0 Å². The number of nitrogens with one attached hydrogen (secondary N) is 2. The number of anilines is 1. The van der Waals surface area contributed by atoms with Crippen LogP contribution in [-0.4, -0.2) is 29.6 Å². The summed E-state index contributed by atoms with van der Waals surface area (Å²) in [4.78, 5) is 22.4. The van der Waals surface area contributed by atoms with Gasteiger partial charge in [-0.05, 0) is 31.9 Å². The van der Waals surface area contributed by atoms with Gasteiger partial charge >= 0.3 is 5.97 Å². The van der Waals surface area contributed by atoms with Gasteiger partial charge in [-0.1, -0.05) is 31.5 Å². The number of carboxylic acid groups (broad SMARTS) is 1. The second-order valence-corrected chi connectivity index (χ2v) is 5.37. The fraction of sp³-hybridized carbons (Fsp3) is 0.500. The van der Waals surface area contributed by atoms with Crippen molar-refractivity contribution in [3.05, 3.63) is 30.3 Å². The Balaban J connectivity index is 2.16. The third kappa shape index (κ3) is 7.46. The van der Waals surface area contributed by atoms with E-state index >= 15 is 0 Å². The van der Waals surface area contributed by atoms with Crippen LogP contribution in [0.3, 0.4) is 0 Å². The zero-order chi connectivity index (χ0) is 15.7. The van der Waals surface area contributed by atoms with Crippen LogP contribution in [0.4, 0.5) is 5.69 Å². The molecule has 0 aliphatic heterocycles. The van der Waals surface area contributed by atoms with Gasteiger partial charge in [0.25, 0.3) is 0 Å². The van der Waals surface area contributed by atoms with Crippen molar-refractivity contribution < 1.29 is 14.7 Å². The highest BCUT2D eigenvalue weighted by molar-refractivity contribution is 5.92. The number of hydrogen-bond donors (Lipinski definition) is 3. The summed E-state index contributed by atoms with van der Waals surface area (Å²) in [6.07, 6.45) is 2.36. The SMILES string of the molecule is CC(CCCC(C)C(=O)O)NCC(=O)Nc1ccccc1. The van der Waals surface area contributed by atoms with Gasteiger partial charge in [-0.15, -0.1) is 0 Å². The molecule has 1 amide bonds. The van der Waals surface area contributed by atoms with E-state index in [0.29, 0.717) is 6.42 Å². The van der Waals surface area contributed by atoms with E-state index in [-0.39, 0.29) is 24.4 Å².